The minimum Gasteiger partial charge on any atom is -0.483 e. The number of fused-ring (bicyclic) bond motifs is 1. The normalized spacial score (nSPS) is 17.8. The molecular formula is C26H28N2O4. The van der Waals surface area contributed by atoms with Crippen LogP contribution in [0, 0.1) is 0 Å². The molecule has 1 amide bonds. The molecule has 4 rings (SSSR count). The maximum atomic E-state index is 13.5. The van der Waals surface area contributed by atoms with Crippen molar-refractivity contribution in [3.8, 4) is 5.75 Å². The van der Waals surface area contributed by atoms with E-state index in [4.69, 9.17) is 4.74 Å². The van der Waals surface area contributed by atoms with E-state index in [-0.39, 0.29) is 48.1 Å². The molecule has 0 radical (unpaired) electrons. The molecule has 0 bridgehead atoms. The Hall–Kier alpha value is -3.38. The van der Waals surface area contributed by atoms with Gasteiger partial charge in [-0.1, -0.05) is 60.7 Å². The molecule has 2 atom stereocenters. The van der Waals surface area contributed by atoms with Crippen molar-refractivity contribution in [1.29, 1.82) is 0 Å². The number of pyridine rings is 1. The summed E-state index contributed by atoms with van der Waals surface area (Å²) in [6.45, 7) is 2.64. The van der Waals surface area contributed by atoms with Crippen LogP contribution in [0.2, 0.25) is 0 Å². The Morgan fingerprint density at radius 1 is 0.938 bits per heavy atom. The lowest BCUT2D eigenvalue weighted by atomic mass is 9.95. The first-order valence-electron chi connectivity index (χ1n) is 11.0. The summed E-state index contributed by atoms with van der Waals surface area (Å²) in [7, 11) is 0. The summed E-state index contributed by atoms with van der Waals surface area (Å²) in [4.78, 5) is 28.1. The first-order valence-corrected chi connectivity index (χ1v) is 11.0. The quantitative estimate of drug-likeness (QED) is 0.592. The number of rotatable bonds is 8. The third-order valence-corrected chi connectivity index (χ3v) is 6.02. The number of ether oxygens (including phenoxy) is 1. The molecule has 0 saturated carbocycles. The largest absolute Gasteiger partial charge is 0.483 e. The van der Waals surface area contributed by atoms with Gasteiger partial charge in [-0.3, -0.25) is 9.59 Å². The molecule has 6 heteroatoms. The van der Waals surface area contributed by atoms with Crippen molar-refractivity contribution in [2.75, 3.05) is 13.2 Å². The predicted octanol–water partition coefficient (Wildman–Crippen LogP) is 3.44. The van der Waals surface area contributed by atoms with Gasteiger partial charge in [0.2, 0.25) is 5.43 Å². The van der Waals surface area contributed by atoms with Crippen LogP contribution in [0.15, 0.2) is 77.7 Å². The van der Waals surface area contributed by atoms with Crippen LogP contribution in [0.4, 0.5) is 0 Å². The highest BCUT2D eigenvalue weighted by molar-refractivity contribution is 5.96. The zero-order chi connectivity index (χ0) is 22.5. The van der Waals surface area contributed by atoms with Gasteiger partial charge in [0, 0.05) is 25.4 Å². The highest BCUT2D eigenvalue weighted by Crippen LogP contribution is 2.33. The van der Waals surface area contributed by atoms with E-state index in [9.17, 15) is 14.7 Å². The second kappa shape index (κ2) is 9.83. The van der Waals surface area contributed by atoms with Crippen molar-refractivity contribution in [1.82, 2.24) is 9.47 Å². The lowest BCUT2D eigenvalue weighted by Gasteiger charge is -2.42. The van der Waals surface area contributed by atoms with Gasteiger partial charge in [0.05, 0.1) is 12.1 Å². The molecule has 2 heterocycles. The Labute approximate surface area is 187 Å². The number of amides is 1. The van der Waals surface area contributed by atoms with Crippen molar-refractivity contribution in [3.05, 3.63) is 100.0 Å². The zero-order valence-electron chi connectivity index (χ0n) is 18.2. The molecule has 0 saturated heterocycles. The Morgan fingerprint density at radius 2 is 1.59 bits per heavy atom. The fourth-order valence-electron chi connectivity index (χ4n) is 4.32. The lowest BCUT2D eigenvalue weighted by Crippen LogP contribution is -2.51. The fourth-order valence-corrected chi connectivity index (χ4v) is 4.32. The summed E-state index contributed by atoms with van der Waals surface area (Å²) in [5.41, 5.74) is 2.04. The van der Waals surface area contributed by atoms with E-state index in [1.807, 2.05) is 60.0 Å². The molecule has 2 aromatic carbocycles. The monoisotopic (exact) mass is 432 g/mol. The molecule has 1 aliphatic heterocycles. The number of hydrogen-bond donors (Lipinski definition) is 1. The highest BCUT2D eigenvalue weighted by atomic mass is 16.5. The SMILES string of the molecule is C[C@H]1[C@H](Cc2ccccc2)n2ccc(=O)c(OCc3ccccc3)c2C(=O)N1CCCO. The minimum absolute atomic E-state index is 0.00118. The molecule has 6 nitrogen and oxygen atoms in total. The molecule has 0 spiro atoms. The van der Waals surface area contributed by atoms with E-state index in [0.717, 1.165) is 11.1 Å². The number of carbonyl (C=O) groups excluding carboxylic acids is 1. The van der Waals surface area contributed by atoms with Gasteiger partial charge >= 0.3 is 0 Å². The second-order valence-corrected chi connectivity index (χ2v) is 8.11. The van der Waals surface area contributed by atoms with E-state index >= 15 is 0 Å². The van der Waals surface area contributed by atoms with Crippen molar-refractivity contribution < 1.29 is 14.6 Å². The predicted molar refractivity (Wildman–Crippen MR) is 123 cm³/mol. The number of carbonyl (C=O) groups is 1. The van der Waals surface area contributed by atoms with Crippen LogP contribution in [0.25, 0.3) is 0 Å². The number of nitrogens with zero attached hydrogens (tertiary/aromatic N) is 2. The second-order valence-electron chi connectivity index (χ2n) is 8.11. The molecule has 32 heavy (non-hydrogen) atoms. The maximum Gasteiger partial charge on any atom is 0.274 e. The molecule has 166 valence electrons. The number of hydrogen-bond acceptors (Lipinski definition) is 4. The molecule has 1 aliphatic rings. The third kappa shape index (κ3) is 4.46. The van der Waals surface area contributed by atoms with Gasteiger partial charge in [-0.15, -0.1) is 0 Å². The van der Waals surface area contributed by atoms with Crippen molar-refractivity contribution in [3.63, 3.8) is 0 Å². The van der Waals surface area contributed by atoms with Gasteiger partial charge in [-0.25, -0.2) is 0 Å². The van der Waals surface area contributed by atoms with Crippen molar-refractivity contribution >= 4 is 5.91 Å². The van der Waals surface area contributed by atoms with E-state index in [0.29, 0.717) is 19.4 Å². The summed E-state index contributed by atoms with van der Waals surface area (Å²) in [6, 6.07) is 21.0. The fraction of sp³-hybridized carbons (Fsp3) is 0.308. The summed E-state index contributed by atoms with van der Waals surface area (Å²) < 4.78 is 7.85. The van der Waals surface area contributed by atoms with Gasteiger partial charge in [0.15, 0.2) is 11.4 Å². The van der Waals surface area contributed by atoms with Gasteiger partial charge in [0.1, 0.15) is 6.61 Å². The van der Waals surface area contributed by atoms with Gasteiger partial charge in [0.25, 0.3) is 5.91 Å². The Bertz CT molecular complexity index is 1110. The van der Waals surface area contributed by atoms with Crippen LogP contribution < -0.4 is 10.2 Å². The molecule has 0 unspecified atom stereocenters. The summed E-state index contributed by atoms with van der Waals surface area (Å²) in [5, 5.41) is 9.36. The van der Waals surface area contributed by atoms with Crippen molar-refractivity contribution in [2.45, 2.75) is 38.5 Å². The van der Waals surface area contributed by atoms with E-state index in [2.05, 4.69) is 12.1 Å². The van der Waals surface area contributed by atoms with Crippen LogP contribution in [-0.2, 0) is 13.0 Å². The summed E-state index contributed by atoms with van der Waals surface area (Å²) in [6.07, 6.45) is 2.89. The van der Waals surface area contributed by atoms with Crippen molar-refractivity contribution in [2.24, 2.45) is 0 Å². The Morgan fingerprint density at radius 3 is 2.25 bits per heavy atom. The summed E-state index contributed by atoms with van der Waals surface area (Å²) >= 11 is 0. The van der Waals surface area contributed by atoms with E-state index < -0.39 is 0 Å². The average molecular weight is 433 g/mol. The van der Waals surface area contributed by atoms with E-state index in [1.165, 1.54) is 6.07 Å². The standard InChI is InChI=1S/C26H28N2O4/c1-19-22(17-20-9-4-2-5-10-20)28-15-13-23(30)25(32-18-21-11-6-3-7-12-21)24(28)26(31)27(19)14-8-16-29/h2-7,9-13,15,19,22,29H,8,14,16-18H2,1H3/t19-,22-/m0/s1. The minimum atomic E-state index is -0.310. The molecule has 3 aromatic rings. The molecule has 0 fully saturated rings. The van der Waals surface area contributed by atoms with Crippen LogP contribution in [-0.4, -0.2) is 39.7 Å². The van der Waals surface area contributed by atoms with Gasteiger partial charge in [-0.2, -0.15) is 0 Å². The Kier molecular flexibility index (Phi) is 6.71. The molecule has 1 aromatic heterocycles. The third-order valence-electron chi connectivity index (χ3n) is 6.02. The first-order chi connectivity index (χ1) is 15.6. The topological polar surface area (TPSA) is 71.8 Å². The Balaban J connectivity index is 1.75. The number of benzene rings is 2. The zero-order valence-corrected chi connectivity index (χ0v) is 18.2. The van der Waals surface area contributed by atoms with Crippen LogP contribution >= 0.6 is 0 Å². The molecule has 1 N–H and O–H groups in total. The first kappa shape index (κ1) is 21.8. The van der Waals surface area contributed by atoms with Crippen LogP contribution in [0.3, 0.4) is 0 Å². The van der Waals surface area contributed by atoms with Gasteiger partial charge < -0.3 is 19.3 Å². The highest BCUT2D eigenvalue weighted by Gasteiger charge is 2.39. The van der Waals surface area contributed by atoms with Crippen LogP contribution in [0.5, 0.6) is 5.75 Å². The number of aliphatic hydroxyl groups is 1. The smallest absolute Gasteiger partial charge is 0.274 e. The number of aliphatic hydroxyl groups excluding tert-OH is 1. The molecule has 0 aliphatic carbocycles. The summed E-state index contributed by atoms with van der Waals surface area (Å²) in [5.74, 6) is -0.156. The average Bonchev–Trinajstić information content (AvgIpc) is 2.82. The van der Waals surface area contributed by atoms with Gasteiger partial charge in [-0.05, 0) is 30.9 Å². The maximum absolute atomic E-state index is 13.5. The molecular weight excluding hydrogens is 404 g/mol. The van der Waals surface area contributed by atoms with E-state index in [1.54, 1.807) is 11.1 Å². The lowest BCUT2D eigenvalue weighted by molar-refractivity contribution is 0.0517. The number of aromatic nitrogens is 1. The van der Waals surface area contributed by atoms with Crippen LogP contribution in [0.1, 0.15) is 41.0 Å².